The summed E-state index contributed by atoms with van der Waals surface area (Å²) in [6.45, 7) is 1.96. The summed E-state index contributed by atoms with van der Waals surface area (Å²) in [6, 6.07) is -0.266. The number of carboxylic acids is 1. The molecule has 1 aromatic carbocycles. The number of cyclic esters (lactones) is 1. The van der Waals surface area contributed by atoms with Crippen molar-refractivity contribution in [2.75, 3.05) is 43.0 Å². The summed E-state index contributed by atoms with van der Waals surface area (Å²) in [6.07, 6.45) is 1.70. The maximum atomic E-state index is 15.4. The van der Waals surface area contributed by atoms with Gasteiger partial charge in [0.25, 0.3) is 11.8 Å². The van der Waals surface area contributed by atoms with E-state index in [-0.39, 0.29) is 65.7 Å². The number of carbonyl (C=O) groups excluding carboxylic acids is 2. The van der Waals surface area contributed by atoms with Crippen LogP contribution >= 0.6 is 0 Å². The highest BCUT2D eigenvalue weighted by atomic mass is 19.3. The van der Waals surface area contributed by atoms with Gasteiger partial charge in [-0.2, -0.15) is 8.78 Å². The molecule has 3 unspecified atom stereocenters. The number of rotatable bonds is 8. The summed E-state index contributed by atoms with van der Waals surface area (Å²) in [5.41, 5.74) is 0.815. The minimum Gasteiger partial charge on any atom is -0.477 e. The van der Waals surface area contributed by atoms with Crippen LogP contribution in [0.5, 0.6) is 5.88 Å². The molecule has 2 fully saturated rings. The zero-order valence-electron chi connectivity index (χ0n) is 25.5. The number of β-amino-alcohol motifs (C(OH)–C–C–N with tert-alkyl or cyclic N) is 1. The van der Waals surface area contributed by atoms with E-state index >= 15 is 8.78 Å². The van der Waals surface area contributed by atoms with Crippen molar-refractivity contribution in [3.8, 4) is 5.88 Å². The third kappa shape index (κ3) is 6.83. The van der Waals surface area contributed by atoms with Crippen LogP contribution in [0, 0.1) is 17.6 Å². The largest absolute Gasteiger partial charge is 0.477 e. The lowest BCUT2D eigenvalue weighted by Gasteiger charge is -2.18. The molecule has 6 N–H and O–H groups in total. The number of hydrogen-bond donors (Lipinski definition) is 6. The summed E-state index contributed by atoms with van der Waals surface area (Å²) in [5.74, 6) is -5.95. The van der Waals surface area contributed by atoms with Crippen LogP contribution < -0.4 is 25.6 Å². The third-order valence-electron chi connectivity index (χ3n) is 8.39. The molecule has 19 heteroatoms. The van der Waals surface area contributed by atoms with Crippen molar-refractivity contribution in [2.45, 2.75) is 56.8 Å². The van der Waals surface area contributed by atoms with Gasteiger partial charge in [0.15, 0.2) is 29.9 Å². The standard InChI is InChI=1S/C26H28F2N8O5.C3H4F2O2/c27-19-14-3-11(4-15(14)20(28)22-21(19)34-23(35-22)16-5-12(37)7-30-16)6-29-2-1-13-9-36(26(39)41-13)17-8-31-25-24(32-17)33-18(38)10-40-25;1-3(4,5)2(6)7/h8,11-13,16,29-30,37H,1-7,9-10H2,(H,34,35)(H,32,33,38);1H3,(H,6,7)/t12?,13?,16-;/m0./s1. The number of aliphatic hydroxyl groups is 1. The minimum atomic E-state index is -3.58. The van der Waals surface area contributed by atoms with Crippen LogP contribution in [0.15, 0.2) is 6.20 Å². The highest BCUT2D eigenvalue weighted by Gasteiger charge is 2.36. The Morgan fingerprint density at radius 2 is 1.92 bits per heavy atom. The van der Waals surface area contributed by atoms with Crippen LogP contribution in [0.2, 0.25) is 0 Å². The number of fused-ring (bicyclic) bond motifs is 3. The van der Waals surface area contributed by atoms with Crippen LogP contribution in [0.25, 0.3) is 11.0 Å². The van der Waals surface area contributed by atoms with Gasteiger partial charge < -0.3 is 40.6 Å². The van der Waals surface area contributed by atoms with E-state index < -0.39 is 35.7 Å². The SMILES string of the molecule is CC(F)(F)C(=O)O.O=C1COc2ncc(N3CC(CCNCC4Cc5c(c(F)c6[nH]c([C@@H]7CC(O)CN7)nc6c5F)C4)OC3=O)nc2N1. The normalized spacial score (nSPS) is 22.1. The fourth-order valence-electron chi connectivity index (χ4n) is 5.99. The number of aliphatic hydroxyl groups excluding tert-OH is 1. The minimum absolute atomic E-state index is 0.000763. The van der Waals surface area contributed by atoms with Crippen LogP contribution in [0.4, 0.5) is 34.0 Å². The first-order valence-electron chi connectivity index (χ1n) is 15.2. The molecule has 4 aliphatic rings. The number of aromatic amines is 1. The molecule has 1 aliphatic carbocycles. The van der Waals surface area contributed by atoms with Crippen molar-refractivity contribution >= 4 is 40.6 Å². The number of aromatic nitrogens is 4. The molecule has 2 aromatic heterocycles. The second kappa shape index (κ2) is 13.1. The lowest BCUT2D eigenvalue weighted by molar-refractivity contribution is -0.161. The van der Waals surface area contributed by atoms with Gasteiger partial charge in [-0.1, -0.05) is 0 Å². The molecule has 0 spiro atoms. The average Bonchev–Trinajstić information content (AvgIpc) is 3.83. The molecule has 0 bridgehead atoms. The molecule has 3 aromatic rings. The monoisotopic (exact) mass is 680 g/mol. The number of carboxylic acid groups (broad SMARTS) is 1. The van der Waals surface area contributed by atoms with Gasteiger partial charge in [-0.3, -0.25) is 9.69 Å². The van der Waals surface area contributed by atoms with Crippen molar-refractivity contribution in [2.24, 2.45) is 5.92 Å². The van der Waals surface area contributed by atoms with Gasteiger partial charge in [-0.25, -0.2) is 33.3 Å². The zero-order chi connectivity index (χ0) is 34.3. The Morgan fingerprint density at radius 1 is 1.19 bits per heavy atom. The summed E-state index contributed by atoms with van der Waals surface area (Å²) in [4.78, 5) is 50.3. The molecule has 4 atom stereocenters. The molecule has 3 aliphatic heterocycles. The number of amides is 2. The predicted octanol–water partition coefficient (Wildman–Crippen LogP) is 1.80. The first-order chi connectivity index (χ1) is 22.8. The number of alkyl halides is 2. The van der Waals surface area contributed by atoms with Gasteiger partial charge in [0, 0.05) is 13.5 Å². The molecule has 15 nitrogen and oxygen atoms in total. The van der Waals surface area contributed by atoms with Crippen molar-refractivity contribution in [3.05, 3.63) is 34.8 Å². The fourth-order valence-corrected chi connectivity index (χ4v) is 5.99. The number of ether oxygens (including phenoxy) is 2. The summed E-state index contributed by atoms with van der Waals surface area (Å²) < 4.78 is 63.9. The second-order valence-corrected chi connectivity index (χ2v) is 12.1. The number of H-pyrrole nitrogens is 1. The molecule has 0 saturated carbocycles. The fraction of sp³-hybridized carbons (Fsp3) is 0.517. The molecular weight excluding hydrogens is 648 g/mol. The van der Waals surface area contributed by atoms with Crippen LogP contribution in [0.1, 0.15) is 42.8 Å². The van der Waals surface area contributed by atoms with Crippen molar-refractivity contribution in [1.82, 2.24) is 30.6 Å². The number of aliphatic carboxylic acids is 1. The smallest absolute Gasteiger partial charge is 0.415 e. The van der Waals surface area contributed by atoms with Gasteiger partial charge in [0.05, 0.1) is 24.9 Å². The maximum absolute atomic E-state index is 15.4. The number of hydrogen-bond acceptors (Lipinski definition) is 11. The molecule has 258 valence electrons. The number of halogens is 4. The van der Waals surface area contributed by atoms with Crippen molar-refractivity contribution < 1.29 is 51.6 Å². The molecule has 48 heavy (non-hydrogen) atoms. The quantitative estimate of drug-likeness (QED) is 0.149. The van der Waals surface area contributed by atoms with Gasteiger partial charge in [0.1, 0.15) is 23.0 Å². The zero-order valence-corrected chi connectivity index (χ0v) is 25.5. The number of carbonyl (C=O) groups is 3. The number of benzene rings is 1. The molecule has 2 amide bonds. The van der Waals surface area contributed by atoms with E-state index in [4.69, 9.17) is 14.6 Å². The van der Waals surface area contributed by atoms with Gasteiger partial charge in [-0.05, 0) is 55.8 Å². The number of nitrogens with one attached hydrogen (secondary N) is 4. The third-order valence-corrected chi connectivity index (χ3v) is 8.39. The van der Waals surface area contributed by atoms with Gasteiger partial charge in [0.2, 0.25) is 0 Å². The van der Waals surface area contributed by atoms with Gasteiger partial charge >= 0.3 is 18.0 Å². The van der Waals surface area contributed by atoms with Crippen LogP contribution in [-0.4, -0.2) is 99.0 Å². The maximum Gasteiger partial charge on any atom is 0.415 e. The number of nitrogens with zero attached hydrogens (tertiary/aromatic N) is 4. The Kier molecular flexibility index (Phi) is 9.10. The molecule has 0 radical (unpaired) electrons. The van der Waals surface area contributed by atoms with Gasteiger partial charge in [-0.15, -0.1) is 0 Å². The van der Waals surface area contributed by atoms with E-state index in [2.05, 4.69) is 35.9 Å². The molecule has 2 saturated heterocycles. The number of imidazole rings is 1. The lowest BCUT2D eigenvalue weighted by atomic mass is 10.1. The Morgan fingerprint density at radius 3 is 2.60 bits per heavy atom. The molecular formula is C29H32F4N8O7. The lowest BCUT2D eigenvalue weighted by Crippen LogP contribution is -2.30. The average molecular weight is 681 g/mol. The Hall–Kier alpha value is -4.62. The molecule has 5 heterocycles. The summed E-state index contributed by atoms with van der Waals surface area (Å²) in [7, 11) is 0. The highest BCUT2D eigenvalue weighted by molar-refractivity contribution is 5.94. The second-order valence-electron chi connectivity index (χ2n) is 12.1. The summed E-state index contributed by atoms with van der Waals surface area (Å²) >= 11 is 0. The summed E-state index contributed by atoms with van der Waals surface area (Å²) in [5, 5.41) is 26.3. The van der Waals surface area contributed by atoms with Crippen LogP contribution in [0.3, 0.4) is 0 Å². The first kappa shape index (κ1) is 33.3. The molecule has 7 rings (SSSR count). The first-order valence-corrected chi connectivity index (χ1v) is 15.2. The van der Waals surface area contributed by atoms with E-state index in [1.165, 1.54) is 11.1 Å². The number of anilines is 2. The Balaban J connectivity index is 0.000000519. The predicted molar refractivity (Wildman–Crippen MR) is 158 cm³/mol. The van der Waals surface area contributed by atoms with Crippen molar-refractivity contribution in [3.63, 3.8) is 0 Å². The van der Waals surface area contributed by atoms with E-state index in [1.54, 1.807) is 0 Å². The topological polar surface area (TPSA) is 204 Å². The Labute approximate surface area is 269 Å². The highest BCUT2D eigenvalue weighted by Crippen LogP contribution is 2.37. The van der Waals surface area contributed by atoms with E-state index in [0.717, 1.165) is 0 Å². The van der Waals surface area contributed by atoms with E-state index in [0.29, 0.717) is 69.2 Å². The van der Waals surface area contributed by atoms with Crippen LogP contribution in [-0.2, 0) is 27.2 Å². The van der Waals surface area contributed by atoms with Crippen molar-refractivity contribution in [1.29, 1.82) is 0 Å². The Bertz CT molecular complexity index is 1700. The van der Waals surface area contributed by atoms with E-state index in [9.17, 15) is 28.3 Å². The van der Waals surface area contributed by atoms with E-state index in [1.807, 2.05) is 0 Å².